The number of aromatic nitrogens is 3. The number of fused-ring (bicyclic) bond motifs is 2. The monoisotopic (exact) mass is 410 g/mol. The Labute approximate surface area is 179 Å². The number of H-pyrrole nitrogens is 1. The van der Waals surface area contributed by atoms with Gasteiger partial charge in [-0.2, -0.15) is 0 Å². The molecular formula is C25H22N4O2. The molecule has 31 heavy (non-hydrogen) atoms. The Morgan fingerprint density at radius 3 is 2.87 bits per heavy atom. The number of anilines is 1. The lowest BCUT2D eigenvalue weighted by Crippen LogP contribution is -2.11. The number of nitrogens with one attached hydrogen (secondary N) is 2. The van der Waals surface area contributed by atoms with Crippen LogP contribution in [0.15, 0.2) is 73.1 Å². The number of hydrogen-bond acceptors (Lipinski definition) is 3. The van der Waals surface area contributed by atoms with E-state index in [2.05, 4.69) is 22.2 Å². The molecule has 3 aromatic heterocycles. The minimum absolute atomic E-state index is 0.155. The second-order valence-electron chi connectivity index (χ2n) is 7.60. The number of amides is 1. The summed E-state index contributed by atoms with van der Waals surface area (Å²) >= 11 is 0. The van der Waals surface area contributed by atoms with Crippen molar-refractivity contribution in [3.8, 4) is 5.75 Å². The number of imidazole rings is 1. The second-order valence-corrected chi connectivity index (χ2v) is 7.60. The summed E-state index contributed by atoms with van der Waals surface area (Å²) in [5.74, 6) is 0.514. The van der Waals surface area contributed by atoms with Gasteiger partial charge in [-0.25, -0.2) is 4.98 Å². The van der Waals surface area contributed by atoms with Gasteiger partial charge in [0.1, 0.15) is 18.0 Å². The molecule has 0 saturated heterocycles. The highest BCUT2D eigenvalue weighted by Gasteiger charge is 2.11. The molecule has 5 aromatic rings. The number of nitrogens with zero attached hydrogens (tertiary/aromatic N) is 2. The fourth-order valence-corrected chi connectivity index (χ4v) is 3.68. The second kappa shape index (κ2) is 7.65. The number of pyridine rings is 1. The molecule has 0 atom stereocenters. The van der Waals surface area contributed by atoms with Crippen LogP contribution in [-0.2, 0) is 6.61 Å². The smallest absolute Gasteiger partial charge is 0.255 e. The zero-order valence-corrected chi connectivity index (χ0v) is 17.3. The molecule has 6 heteroatoms. The molecule has 2 aromatic carbocycles. The van der Waals surface area contributed by atoms with Crippen molar-refractivity contribution in [1.29, 1.82) is 0 Å². The van der Waals surface area contributed by atoms with Crippen molar-refractivity contribution in [2.45, 2.75) is 20.5 Å². The molecule has 2 N–H and O–H groups in total. The van der Waals surface area contributed by atoms with Crippen LogP contribution in [0.3, 0.4) is 0 Å². The van der Waals surface area contributed by atoms with Crippen molar-refractivity contribution in [3.05, 3.63) is 95.6 Å². The lowest BCUT2D eigenvalue weighted by molar-refractivity contribution is 0.102. The minimum atomic E-state index is -0.155. The molecule has 1 amide bonds. The van der Waals surface area contributed by atoms with Gasteiger partial charge >= 0.3 is 0 Å². The van der Waals surface area contributed by atoms with Crippen LogP contribution in [0.1, 0.15) is 27.3 Å². The number of carbonyl (C=O) groups is 1. The molecule has 0 aliphatic carbocycles. The summed E-state index contributed by atoms with van der Waals surface area (Å²) in [6.45, 7) is 4.44. The van der Waals surface area contributed by atoms with Gasteiger partial charge in [0.25, 0.3) is 5.91 Å². The Morgan fingerprint density at radius 2 is 2.00 bits per heavy atom. The van der Waals surface area contributed by atoms with E-state index in [0.29, 0.717) is 23.6 Å². The van der Waals surface area contributed by atoms with Crippen LogP contribution in [0.25, 0.3) is 16.6 Å². The number of aryl methyl sites for hydroxylation is 2. The topological polar surface area (TPSA) is 71.4 Å². The molecule has 0 fully saturated rings. The quantitative estimate of drug-likeness (QED) is 0.415. The van der Waals surface area contributed by atoms with Crippen LogP contribution in [0.2, 0.25) is 0 Å². The van der Waals surface area contributed by atoms with Gasteiger partial charge in [-0.15, -0.1) is 0 Å². The average Bonchev–Trinajstić information content (AvgIpc) is 3.32. The molecule has 0 radical (unpaired) electrons. The average molecular weight is 410 g/mol. The van der Waals surface area contributed by atoms with Crippen LogP contribution < -0.4 is 10.1 Å². The molecule has 3 heterocycles. The van der Waals surface area contributed by atoms with E-state index >= 15 is 0 Å². The number of ether oxygens (including phenoxy) is 1. The van der Waals surface area contributed by atoms with E-state index in [1.165, 1.54) is 0 Å². The lowest BCUT2D eigenvalue weighted by Gasteiger charge is -2.09. The molecule has 0 aliphatic heterocycles. The first kappa shape index (κ1) is 18.9. The number of carbonyl (C=O) groups excluding carboxylic acids is 1. The highest BCUT2D eigenvalue weighted by Crippen LogP contribution is 2.24. The van der Waals surface area contributed by atoms with Crippen molar-refractivity contribution in [2.24, 2.45) is 0 Å². The van der Waals surface area contributed by atoms with Crippen molar-refractivity contribution in [2.75, 3.05) is 5.32 Å². The molecule has 0 spiro atoms. The number of hydrogen-bond donors (Lipinski definition) is 2. The van der Waals surface area contributed by atoms with Gasteiger partial charge in [0.2, 0.25) is 0 Å². The van der Waals surface area contributed by atoms with Gasteiger partial charge in [0.15, 0.2) is 0 Å². The van der Waals surface area contributed by atoms with Crippen LogP contribution in [0.4, 0.5) is 5.69 Å². The lowest BCUT2D eigenvalue weighted by atomic mass is 10.1. The van der Waals surface area contributed by atoms with Crippen molar-refractivity contribution in [3.63, 3.8) is 0 Å². The number of aromatic amines is 1. The van der Waals surface area contributed by atoms with Crippen molar-refractivity contribution >= 4 is 28.1 Å². The van der Waals surface area contributed by atoms with E-state index in [1.807, 2.05) is 84.4 Å². The first-order chi connectivity index (χ1) is 15.1. The minimum Gasteiger partial charge on any atom is -0.487 e. The van der Waals surface area contributed by atoms with Crippen molar-refractivity contribution < 1.29 is 9.53 Å². The van der Waals surface area contributed by atoms with Crippen LogP contribution in [0.5, 0.6) is 5.75 Å². The van der Waals surface area contributed by atoms with E-state index in [1.54, 1.807) is 0 Å². The van der Waals surface area contributed by atoms with E-state index in [0.717, 1.165) is 33.5 Å². The van der Waals surface area contributed by atoms with E-state index in [4.69, 9.17) is 4.74 Å². The predicted molar refractivity (Wildman–Crippen MR) is 122 cm³/mol. The van der Waals surface area contributed by atoms with Gasteiger partial charge in [0.05, 0.1) is 5.69 Å². The van der Waals surface area contributed by atoms with E-state index < -0.39 is 0 Å². The summed E-state index contributed by atoms with van der Waals surface area (Å²) in [6.07, 6.45) is 3.90. The zero-order valence-electron chi connectivity index (χ0n) is 17.3. The first-order valence-corrected chi connectivity index (χ1v) is 10.1. The summed E-state index contributed by atoms with van der Waals surface area (Å²) in [5.41, 5.74) is 6.33. The van der Waals surface area contributed by atoms with Crippen LogP contribution >= 0.6 is 0 Å². The maximum absolute atomic E-state index is 12.8. The summed E-state index contributed by atoms with van der Waals surface area (Å²) in [6, 6.07) is 19.0. The Kier molecular flexibility index (Phi) is 4.67. The third-order valence-electron chi connectivity index (χ3n) is 5.46. The highest BCUT2D eigenvalue weighted by molar-refractivity contribution is 6.06. The van der Waals surface area contributed by atoms with Gasteiger partial charge in [0, 0.05) is 46.3 Å². The molecule has 6 nitrogen and oxygen atoms in total. The summed E-state index contributed by atoms with van der Waals surface area (Å²) in [7, 11) is 0. The van der Waals surface area contributed by atoms with Crippen molar-refractivity contribution in [1.82, 2.24) is 14.4 Å². The van der Waals surface area contributed by atoms with Gasteiger partial charge in [-0.05, 0) is 61.9 Å². The Morgan fingerprint density at radius 1 is 1.10 bits per heavy atom. The summed E-state index contributed by atoms with van der Waals surface area (Å²) in [5, 5.41) is 4.02. The summed E-state index contributed by atoms with van der Waals surface area (Å²) < 4.78 is 7.85. The predicted octanol–water partition coefficient (Wildman–Crippen LogP) is 5.26. The normalized spacial score (nSPS) is 11.2. The van der Waals surface area contributed by atoms with E-state index in [-0.39, 0.29) is 5.91 Å². The summed E-state index contributed by atoms with van der Waals surface area (Å²) in [4.78, 5) is 20.7. The molecule has 0 bridgehead atoms. The van der Waals surface area contributed by atoms with E-state index in [9.17, 15) is 4.79 Å². The zero-order chi connectivity index (χ0) is 21.4. The van der Waals surface area contributed by atoms with Crippen LogP contribution in [0, 0.1) is 13.8 Å². The number of rotatable bonds is 5. The molecule has 0 aliphatic rings. The fourth-order valence-electron chi connectivity index (χ4n) is 3.68. The molecule has 0 unspecified atom stereocenters. The molecule has 154 valence electrons. The maximum Gasteiger partial charge on any atom is 0.255 e. The van der Waals surface area contributed by atoms with Gasteiger partial charge in [-0.1, -0.05) is 12.1 Å². The first-order valence-electron chi connectivity index (χ1n) is 10.1. The Balaban J connectivity index is 1.29. The van der Waals surface area contributed by atoms with Crippen LogP contribution in [-0.4, -0.2) is 20.3 Å². The highest BCUT2D eigenvalue weighted by atomic mass is 16.5. The number of benzene rings is 2. The maximum atomic E-state index is 12.8. The third kappa shape index (κ3) is 3.75. The Bertz CT molecular complexity index is 1380. The fraction of sp³-hybridized carbons (Fsp3) is 0.120. The van der Waals surface area contributed by atoms with Gasteiger partial charge < -0.3 is 19.4 Å². The molecule has 0 saturated carbocycles. The molecular weight excluding hydrogens is 388 g/mol. The largest absolute Gasteiger partial charge is 0.487 e. The van der Waals surface area contributed by atoms with Gasteiger partial charge in [-0.3, -0.25) is 4.79 Å². The molecule has 5 rings (SSSR count). The standard InChI is InChI=1S/C25H22N4O2/c1-16-17(2)26-23-10-9-18(12-22(16)23)25(30)28-19-6-5-7-21(13-19)31-15-20-14-29-11-4-3-8-24(29)27-20/h3-14,26H,15H2,1-2H3,(H,28,30). The third-order valence-corrected chi connectivity index (χ3v) is 5.46. The SMILES string of the molecule is Cc1[nH]c2ccc(C(=O)Nc3cccc(OCc4cn5ccccc5n4)c3)cc2c1C. The Hall–Kier alpha value is -4.06.